The molecule has 1 aliphatic heterocycles. The van der Waals surface area contributed by atoms with Crippen LogP contribution in [0.25, 0.3) is 11.4 Å². The summed E-state index contributed by atoms with van der Waals surface area (Å²) in [6.45, 7) is 8.36. The second kappa shape index (κ2) is 9.96. The molecule has 0 saturated carbocycles. The number of nitrogens with one attached hydrogen (secondary N) is 3. The van der Waals surface area contributed by atoms with Gasteiger partial charge in [-0.05, 0) is 40.0 Å². The third-order valence-electron chi connectivity index (χ3n) is 5.47. The van der Waals surface area contributed by atoms with Crippen molar-refractivity contribution in [3.8, 4) is 17.1 Å². The van der Waals surface area contributed by atoms with Crippen molar-refractivity contribution in [1.82, 2.24) is 30.5 Å². The highest BCUT2D eigenvalue weighted by atomic mass is 16.5. The van der Waals surface area contributed by atoms with Crippen LogP contribution in [0.5, 0.6) is 5.75 Å². The number of aliphatic hydroxyl groups excluding tert-OH is 1. The molecule has 10 nitrogen and oxygen atoms in total. The Kier molecular flexibility index (Phi) is 7.01. The number of hydrazine groups is 1. The number of hydrogen-bond acceptors (Lipinski definition) is 9. The van der Waals surface area contributed by atoms with E-state index >= 15 is 0 Å². The summed E-state index contributed by atoms with van der Waals surface area (Å²) in [4.78, 5) is 9.83. The van der Waals surface area contributed by atoms with Gasteiger partial charge in [0.25, 0.3) is 0 Å². The Balaban J connectivity index is 1.65. The van der Waals surface area contributed by atoms with E-state index in [-0.39, 0.29) is 12.1 Å². The average molecular weight is 467 g/mol. The van der Waals surface area contributed by atoms with Gasteiger partial charge in [0.15, 0.2) is 11.6 Å². The quantitative estimate of drug-likeness (QED) is 0.376. The normalized spacial score (nSPS) is 14.2. The zero-order chi connectivity index (χ0) is 24.3. The minimum absolute atomic E-state index is 0.161. The fourth-order valence-corrected chi connectivity index (χ4v) is 3.84. The molecule has 0 radical (unpaired) electrons. The lowest BCUT2D eigenvalue weighted by atomic mass is 10.1. The van der Waals surface area contributed by atoms with Crippen LogP contribution in [-0.4, -0.2) is 56.7 Å². The zero-order valence-corrected chi connectivity index (χ0v) is 20.5. The Morgan fingerprint density at radius 2 is 2.09 bits per heavy atom. The van der Waals surface area contributed by atoms with Crippen molar-refractivity contribution in [3.05, 3.63) is 47.8 Å². The molecule has 34 heavy (non-hydrogen) atoms. The van der Waals surface area contributed by atoms with Gasteiger partial charge in [-0.15, -0.1) is 0 Å². The molecule has 1 aromatic carbocycles. The Morgan fingerprint density at radius 1 is 1.26 bits per heavy atom. The number of aliphatic hydroxyl groups is 1. The number of anilines is 2. The first-order valence-corrected chi connectivity index (χ1v) is 11.5. The molecule has 1 unspecified atom stereocenters. The Labute approximate surface area is 200 Å². The molecule has 3 heterocycles. The van der Waals surface area contributed by atoms with E-state index in [0.29, 0.717) is 31.2 Å². The lowest BCUT2D eigenvalue weighted by Crippen LogP contribution is -2.47. The highest BCUT2D eigenvalue weighted by Crippen LogP contribution is 2.35. The standard InChI is InChI=1S/C24H34N8O2/c1-24(2,3)32-23-20(13-28-32)22(26-10-16-11-27-31(5)14-16)29-21(30-23)17-7-6-8-19(9-17)34-15-18(33)12-25-4/h6-9,11,14,18,25,28,33H,10,12-13,15H2,1-5H3,(H,26,29,30). The maximum atomic E-state index is 9.96. The second-order valence-electron chi connectivity index (χ2n) is 9.47. The third kappa shape index (κ3) is 5.46. The van der Waals surface area contributed by atoms with Crippen molar-refractivity contribution in [1.29, 1.82) is 0 Å². The van der Waals surface area contributed by atoms with Crippen molar-refractivity contribution in [2.24, 2.45) is 7.05 Å². The van der Waals surface area contributed by atoms with E-state index in [0.717, 1.165) is 28.3 Å². The number of likely N-dealkylation sites (N-methyl/N-ethyl adjacent to an activating group) is 1. The number of hydrogen-bond donors (Lipinski definition) is 4. The largest absolute Gasteiger partial charge is 0.491 e. The van der Waals surface area contributed by atoms with Crippen molar-refractivity contribution in [2.45, 2.75) is 45.5 Å². The molecule has 4 N–H and O–H groups in total. The van der Waals surface area contributed by atoms with Crippen molar-refractivity contribution < 1.29 is 9.84 Å². The van der Waals surface area contributed by atoms with E-state index < -0.39 is 6.10 Å². The topological polar surface area (TPSA) is 112 Å². The van der Waals surface area contributed by atoms with Crippen LogP contribution >= 0.6 is 0 Å². The number of ether oxygens (including phenoxy) is 1. The van der Waals surface area contributed by atoms with Crippen LogP contribution in [0.1, 0.15) is 31.9 Å². The lowest BCUT2D eigenvalue weighted by Gasteiger charge is -2.33. The van der Waals surface area contributed by atoms with Crippen LogP contribution in [0, 0.1) is 0 Å². The number of rotatable bonds is 9. The maximum Gasteiger partial charge on any atom is 0.164 e. The van der Waals surface area contributed by atoms with Gasteiger partial charge < -0.3 is 20.5 Å². The Hall–Kier alpha value is -3.21. The lowest BCUT2D eigenvalue weighted by molar-refractivity contribution is 0.108. The molecule has 2 aromatic heterocycles. The first-order valence-electron chi connectivity index (χ1n) is 11.5. The van der Waals surface area contributed by atoms with Crippen LogP contribution in [0.15, 0.2) is 36.7 Å². The predicted octanol–water partition coefficient (Wildman–Crippen LogP) is 2.07. The van der Waals surface area contributed by atoms with E-state index in [1.807, 2.05) is 43.7 Å². The predicted molar refractivity (Wildman–Crippen MR) is 133 cm³/mol. The van der Waals surface area contributed by atoms with E-state index in [1.54, 1.807) is 11.7 Å². The van der Waals surface area contributed by atoms with Gasteiger partial charge in [0.1, 0.15) is 24.3 Å². The minimum atomic E-state index is -0.584. The van der Waals surface area contributed by atoms with Crippen molar-refractivity contribution >= 4 is 11.6 Å². The van der Waals surface area contributed by atoms with Gasteiger partial charge in [-0.2, -0.15) is 5.10 Å². The van der Waals surface area contributed by atoms with Crippen LogP contribution in [0.4, 0.5) is 11.6 Å². The molecule has 182 valence electrons. The van der Waals surface area contributed by atoms with Crippen molar-refractivity contribution in [2.75, 3.05) is 30.5 Å². The van der Waals surface area contributed by atoms with E-state index in [2.05, 4.69) is 46.9 Å². The van der Waals surface area contributed by atoms with Gasteiger partial charge in [0, 0.05) is 49.5 Å². The van der Waals surface area contributed by atoms with Gasteiger partial charge in [0.2, 0.25) is 0 Å². The highest BCUT2D eigenvalue weighted by molar-refractivity contribution is 5.69. The fraction of sp³-hybridized carbons (Fsp3) is 0.458. The smallest absolute Gasteiger partial charge is 0.164 e. The van der Waals surface area contributed by atoms with Crippen molar-refractivity contribution in [3.63, 3.8) is 0 Å². The number of nitrogens with zero attached hydrogens (tertiary/aromatic N) is 5. The SMILES string of the molecule is CNCC(O)COc1cccc(-c2nc(NCc3cnn(C)c3)c3c(n2)N(C(C)(C)C)NC3)c1. The first-order chi connectivity index (χ1) is 16.2. The molecule has 0 bridgehead atoms. The summed E-state index contributed by atoms with van der Waals surface area (Å²) in [5, 5.41) is 22.7. The molecule has 1 aliphatic rings. The Morgan fingerprint density at radius 3 is 2.79 bits per heavy atom. The molecule has 0 amide bonds. The first kappa shape index (κ1) is 23.9. The number of fused-ring (bicyclic) bond motifs is 1. The summed E-state index contributed by atoms with van der Waals surface area (Å²) in [6, 6.07) is 7.65. The van der Waals surface area contributed by atoms with Gasteiger partial charge in [0.05, 0.1) is 11.8 Å². The molecule has 0 spiro atoms. The molecular weight excluding hydrogens is 432 g/mol. The molecule has 0 aliphatic carbocycles. The van der Waals surface area contributed by atoms with E-state index in [4.69, 9.17) is 14.7 Å². The van der Waals surface area contributed by atoms with Gasteiger partial charge in [-0.3, -0.25) is 9.69 Å². The van der Waals surface area contributed by atoms with Crippen LogP contribution in [0.2, 0.25) is 0 Å². The highest BCUT2D eigenvalue weighted by Gasteiger charge is 2.33. The van der Waals surface area contributed by atoms with E-state index in [9.17, 15) is 5.11 Å². The minimum Gasteiger partial charge on any atom is -0.491 e. The van der Waals surface area contributed by atoms with Crippen LogP contribution < -0.4 is 25.8 Å². The summed E-state index contributed by atoms with van der Waals surface area (Å²) in [5.41, 5.74) is 6.24. The molecule has 10 heteroatoms. The molecule has 1 atom stereocenters. The molecular formula is C24H34N8O2. The molecule has 0 fully saturated rings. The summed E-state index contributed by atoms with van der Waals surface area (Å²) in [5.74, 6) is 2.92. The van der Waals surface area contributed by atoms with Crippen LogP contribution in [0.3, 0.4) is 0 Å². The van der Waals surface area contributed by atoms with Gasteiger partial charge in [-0.1, -0.05) is 12.1 Å². The maximum absolute atomic E-state index is 9.96. The van der Waals surface area contributed by atoms with Gasteiger partial charge in [-0.25, -0.2) is 15.4 Å². The van der Waals surface area contributed by atoms with E-state index in [1.165, 1.54) is 0 Å². The molecule has 0 saturated heterocycles. The summed E-state index contributed by atoms with van der Waals surface area (Å²) in [6.07, 6.45) is 3.25. The van der Waals surface area contributed by atoms with Gasteiger partial charge >= 0.3 is 0 Å². The molecule has 4 rings (SSSR count). The number of aromatic nitrogens is 4. The monoisotopic (exact) mass is 466 g/mol. The average Bonchev–Trinajstić information content (AvgIpc) is 3.42. The Bertz CT molecular complexity index is 1120. The summed E-state index contributed by atoms with van der Waals surface area (Å²) in [7, 11) is 3.70. The third-order valence-corrected chi connectivity index (χ3v) is 5.47. The number of aryl methyl sites for hydroxylation is 1. The zero-order valence-electron chi connectivity index (χ0n) is 20.5. The summed E-state index contributed by atoms with van der Waals surface area (Å²) < 4.78 is 7.58. The fourth-order valence-electron chi connectivity index (χ4n) is 3.84. The summed E-state index contributed by atoms with van der Waals surface area (Å²) >= 11 is 0. The van der Waals surface area contributed by atoms with Crippen LogP contribution in [-0.2, 0) is 20.1 Å². The second-order valence-corrected chi connectivity index (χ2v) is 9.47. The molecule has 3 aromatic rings. The number of benzene rings is 1.